The first-order valence-corrected chi connectivity index (χ1v) is 9.30. The number of carbonyl (C=O) groups excluding carboxylic acids is 1. The second-order valence-electron chi connectivity index (χ2n) is 6.21. The molecule has 0 radical (unpaired) electrons. The molecular formula is C20H19N3OS. The topological polar surface area (TPSA) is 46.9 Å². The summed E-state index contributed by atoms with van der Waals surface area (Å²) in [6, 6.07) is 14.7. The first-order chi connectivity index (χ1) is 12.3. The minimum Gasteiger partial charge on any atom is -0.350 e. The van der Waals surface area contributed by atoms with Crippen molar-refractivity contribution < 1.29 is 4.79 Å². The van der Waals surface area contributed by atoms with Crippen LogP contribution in [0.1, 0.15) is 24.0 Å². The molecule has 4 rings (SSSR count). The average Bonchev–Trinajstić information content (AvgIpc) is 3.11. The Labute approximate surface area is 150 Å². The molecule has 1 aliphatic rings. The minimum atomic E-state index is -0.0320. The van der Waals surface area contributed by atoms with Crippen LogP contribution in [-0.2, 0) is 11.3 Å². The standard InChI is InChI=1S/C20H19N3OS/c24-19(21-17-9-10-17)11-8-16-14-23(13-15-5-2-1-3-6-15)22-20(16)18-7-4-12-25-18/h1-8,11-12,14,17H,9-10,13H2,(H,21,24). The second-order valence-corrected chi connectivity index (χ2v) is 7.16. The van der Waals surface area contributed by atoms with E-state index in [0.717, 1.165) is 29.0 Å². The highest BCUT2D eigenvalue weighted by Gasteiger charge is 2.22. The predicted octanol–water partition coefficient (Wildman–Crippen LogP) is 3.95. The van der Waals surface area contributed by atoms with E-state index < -0.39 is 0 Å². The van der Waals surface area contributed by atoms with Crippen LogP contribution in [0.4, 0.5) is 0 Å². The third-order valence-corrected chi connectivity index (χ3v) is 4.95. The maximum absolute atomic E-state index is 11.9. The van der Waals surface area contributed by atoms with Crippen LogP contribution in [0.3, 0.4) is 0 Å². The van der Waals surface area contributed by atoms with Gasteiger partial charge in [0.15, 0.2) is 0 Å². The first-order valence-electron chi connectivity index (χ1n) is 8.42. The highest BCUT2D eigenvalue weighted by Crippen LogP contribution is 2.28. The molecule has 5 heteroatoms. The summed E-state index contributed by atoms with van der Waals surface area (Å²) in [6.07, 6.45) is 7.66. The number of aromatic nitrogens is 2. The molecule has 0 atom stereocenters. The molecule has 1 aliphatic carbocycles. The van der Waals surface area contributed by atoms with Crippen molar-refractivity contribution in [3.05, 3.63) is 71.2 Å². The molecule has 2 aromatic heterocycles. The van der Waals surface area contributed by atoms with Crippen molar-refractivity contribution in [1.82, 2.24) is 15.1 Å². The van der Waals surface area contributed by atoms with Gasteiger partial charge in [-0.2, -0.15) is 5.10 Å². The smallest absolute Gasteiger partial charge is 0.244 e. The van der Waals surface area contributed by atoms with Crippen molar-refractivity contribution >= 4 is 23.3 Å². The number of hydrogen-bond acceptors (Lipinski definition) is 3. The summed E-state index contributed by atoms with van der Waals surface area (Å²) in [5.41, 5.74) is 3.08. The van der Waals surface area contributed by atoms with E-state index in [-0.39, 0.29) is 5.91 Å². The first kappa shape index (κ1) is 15.8. The van der Waals surface area contributed by atoms with E-state index in [2.05, 4.69) is 23.5 Å². The molecule has 2 heterocycles. The molecule has 0 saturated heterocycles. The molecule has 1 amide bonds. The summed E-state index contributed by atoms with van der Waals surface area (Å²) in [5.74, 6) is -0.0320. The molecule has 0 unspecified atom stereocenters. The highest BCUT2D eigenvalue weighted by molar-refractivity contribution is 7.13. The summed E-state index contributed by atoms with van der Waals surface area (Å²) >= 11 is 1.65. The van der Waals surface area contributed by atoms with Crippen molar-refractivity contribution in [3.63, 3.8) is 0 Å². The zero-order valence-electron chi connectivity index (χ0n) is 13.8. The Bertz CT molecular complexity index is 877. The average molecular weight is 349 g/mol. The van der Waals surface area contributed by atoms with E-state index in [1.54, 1.807) is 17.4 Å². The van der Waals surface area contributed by atoms with Gasteiger partial charge in [0.05, 0.1) is 11.4 Å². The van der Waals surface area contributed by atoms with Crippen LogP contribution >= 0.6 is 11.3 Å². The maximum atomic E-state index is 11.9. The molecule has 3 aromatic rings. The quantitative estimate of drug-likeness (QED) is 0.685. The fourth-order valence-corrected chi connectivity index (χ4v) is 3.39. The van der Waals surface area contributed by atoms with E-state index in [1.807, 2.05) is 46.6 Å². The Morgan fingerprint density at radius 2 is 2.08 bits per heavy atom. The fraction of sp³-hybridized carbons (Fsp3) is 0.200. The highest BCUT2D eigenvalue weighted by atomic mass is 32.1. The summed E-state index contributed by atoms with van der Waals surface area (Å²) in [4.78, 5) is 13.0. The summed E-state index contributed by atoms with van der Waals surface area (Å²) in [5, 5.41) is 9.76. The van der Waals surface area contributed by atoms with Gasteiger partial charge in [0, 0.05) is 23.9 Å². The Balaban J connectivity index is 1.59. The van der Waals surface area contributed by atoms with Gasteiger partial charge in [0.25, 0.3) is 0 Å². The van der Waals surface area contributed by atoms with Crippen LogP contribution in [0.5, 0.6) is 0 Å². The van der Waals surface area contributed by atoms with E-state index in [9.17, 15) is 4.79 Å². The molecule has 0 aliphatic heterocycles. The van der Waals surface area contributed by atoms with Crippen molar-refractivity contribution in [2.24, 2.45) is 0 Å². The lowest BCUT2D eigenvalue weighted by molar-refractivity contribution is -0.116. The summed E-state index contributed by atoms with van der Waals surface area (Å²) < 4.78 is 1.93. The van der Waals surface area contributed by atoms with Crippen molar-refractivity contribution in [1.29, 1.82) is 0 Å². The number of amides is 1. The van der Waals surface area contributed by atoms with Crippen LogP contribution in [0.25, 0.3) is 16.6 Å². The van der Waals surface area contributed by atoms with Gasteiger partial charge in [-0.3, -0.25) is 9.48 Å². The van der Waals surface area contributed by atoms with Crippen LogP contribution in [0, 0.1) is 0 Å². The Hall–Kier alpha value is -2.66. The molecule has 1 fully saturated rings. The number of thiophene rings is 1. The SMILES string of the molecule is O=C(C=Cc1cn(Cc2ccccc2)nc1-c1cccs1)NC1CC1. The zero-order valence-corrected chi connectivity index (χ0v) is 14.6. The summed E-state index contributed by atoms with van der Waals surface area (Å²) in [7, 11) is 0. The lowest BCUT2D eigenvalue weighted by Gasteiger charge is -2.00. The molecule has 4 nitrogen and oxygen atoms in total. The van der Waals surface area contributed by atoms with Gasteiger partial charge in [-0.1, -0.05) is 36.4 Å². The fourth-order valence-electron chi connectivity index (χ4n) is 2.66. The van der Waals surface area contributed by atoms with Gasteiger partial charge >= 0.3 is 0 Å². The molecular weight excluding hydrogens is 330 g/mol. The van der Waals surface area contributed by atoms with E-state index in [1.165, 1.54) is 5.56 Å². The van der Waals surface area contributed by atoms with Gasteiger partial charge in [-0.05, 0) is 35.9 Å². The van der Waals surface area contributed by atoms with Gasteiger partial charge in [-0.25, -0.2) is 0 Å². The number of nitrogens with one attached hydrogen (secondary N) is 1. The van der Waals surface area contributed by atoms with Crippen LogP contribution in [0.15, 0.2) is 60.1 Å². The minimum absolute atomic E-state index is 0.0320. The van der Waals surface area contributed by atoms with Crippen LogP contribution in [0.2, 0.25) is 0 Å². The predicted molar refractivity (Wildman–Crippen MR) is 101 cm³/mol. The van der Waals surface area contributed by atoms with Gasteiger partial charge in [0.1, 0.15) is 5.69 Å². The Kier molecular flexibility index (Phi) is 4.48. The maximum Gasteiger partial charge on any atom is 0.244 e. The molecule has 0 spiro atoms. The van der Waals surface area contributed by atoms with Crippen molar-refractivity contribution in [3.8, 4) is 10.6 Å². The van der Waals surface area contributed by atoms with Crippen LogP contribution < -0.4 is 5.32 Å². The number of hydrogen-bond donors (Lipinski definition) is 1. The number of carbonyl (C=O) groups is 1. The van der Waals surface area contributed by atoms with Crippen molar-refractivity contribution in [2.75, 3.05) is 0 Å². The summed E-state index contributed by atoms with van der Waals surface area (Å²) in [6.45, 7) is 0.710. The third kappa shape index (κ3) is 4.06. The lowest BCUT2D eigenvalue weighted by Crippen LogP contribution is -2.22. The Morgan fingerprint density at radius 1 is 1.24 bits per heavy atom. The molecule has 1 saturated carbocycles. The van der Waals surface area contributed by atoms with E-state index in [0.29, 0.717) is 12.6 Å². The normalized spacial score (nSPS) is 14.1. The van der Waals surface area contributed by atoms with E-state index in [4.69, 9.17) is 5.10 Å². The van der Waals surface area contributed by atoms with E-state index >= 15 is 0 Å². The monoisotopic (exact) mass is 349 g/mol. The largest absolute Gasteiger partial charge is 0.350 e. The van der Waals surface area contributed by atoms with Crippen LogP contribution in [-0.4, -0.2) is 21.7 Å². The molecule has 1 aromatic carbocycles. The molecule has 25 heavy (non-hydrogen) atoms. The zero-order chi connectivity index (χ0) is 17.1. The van der Waals surface area contributed by atoms with Gasteiger partial charge in [0.2, 0.25) is 5.91 Å². The van der Waals surface area contributed by atoms with Gasteiger partial charge in [-0.15, -0.1) is 11.3 Å². The number of nitrogens with zero attached hydrogens (tertiary/aromatic N) is 2. The third-order valence-electron chi connectivity index (χ3n) is 4.07. The molecule has 1 N–H and O–H groups in total. The number of rotatable bonds is 6. The number of benzene rings is 1. The second kappa shape index (κ2) is 7.07. The Morgan fingerprint density at radius 3 is 2.80 bits per heavy atom. The van der Waals surface area contributed by atoms with Crippen molar-refractivity contribution in [2.45, 2.75) is 25.4 Å². The van der Waals surface area contributed by atoms with Gasteiger partial charge < -0.3 is 5.32 Å². The molecule has 0 bridgehead atoms. The lowest BCUT2D eigenvalue weighted by atomic mass is 10.2. The molecule has 126 valence electrons.